The molecule has 1 N–H and O–H groups in total. The number of esters is 1. The Morgan fingerprint density at radius 3 is 2.82 bits per heavy atom. The summed E-state index contributed by atoms with van der Waals surface area (Å²) in [5, 5.41) is 14.2. The van der Waals surface area contributed by atoms with E-state index in [1.165, 1.54) is 25.3 Å². The van der Waals surface area contributed by atoms with Gasteiger partial charge in [0, 0.05) is 32.2 Å². The van der Waals surface area contributed by atoms with Crippen molar-refractivity contribution < 1.29 is 19.2 Å². The van der Waals surface area contributed by atoms with Gasteiger partial charge >= 0.3 is 5.97 Å². The number of carbonyl (C=O) groups is 1. The Hall–Kier alpha value is -2.19. The van der Waals surface area contributed by atoms with Crippen LogP contribution < -0.4 is 5.32 Å². The van der Waals surface area contributed by atoms with Gasteiger partial charge in [0.1, 0.15) is 5.69 Å². The molecule has 0 bridgehead atoms. The summed E-state index contributed by atoms with van der Waals surface area (Å²) in [5.41, 5.74) is 0.420. The van der Waals surface area contributed by atoms with Crippen LogP contribution in [0.3, 0.4) is 0 Å². The largest absolute Gasteiger partial charge is 0.465 e. The van der Waals surface area contributed by atoms with E-state index in [1.807, 2.05) is 0 Å². The summed E-state index contributed by atoms with van der Waals surface area (Å²) in [4.78, 5) is 24.3. The molecule has 1 aromatic rings. The van der Waals surface area contributed by atoms with Gasteiger partial charge in [-0.1, -0.05) is 0 Å². The maximum absolute atomic E-state index is 11.4. The van der Waals surface area contributed by atoms with E-state index < -0.39 is 10.9 Å². The van der Waals surface area contributed by atoms with Crippen LogP contribution >= 0.6 is 0 Å². The fraction of sp³-hybridized carbons (Fsp3) is 0.500. The lowest BCUT2D eigenvalue weighted by atomic mass is 10.1. The minimum atomic E-state index is -0.594. The second-order valence-corrected chi connectivity index (χ2v) is 4.86. The van der Waals surface area contributed by atoms with Crippen LogP contribution in [0.5, 0.6) is 0 Å². The Labute approximate surface area is 128 Å². The second kappa shape index (κ2) is 7.71. The molecule has 8 heteroatoms. The molecule has 1 aliphatic rings. The normalized spacial score (nSPS) is 15.3. The van der Waals surface area contributed by atoms with Crippen LogP contribution in [0.15, 0.2) is 18.2 Å². The van der Waals surface area contributed by atoms with Crippen LogP contribution in [0.4, 0.5) is 11.4 Å². The third-order valence-electron chi connectivity index (χ3n) is 3.46. The van der Waals surface area contributed by atoms with Crippen molar-refractivity contribution in [2.45, 2.75) is 0 Å². The van der Waals surface area contributed by atoms with Crippen LogP contribution in [0.2, 0.25) is 0 Å². The van der Waals surface area contributed by atoms with E-state index >= 15 is 0 Å². The molecule has 0 aliphatic carbocycles. The number of carbonyl (C=O) groups excluding carboxylic acids is 1. The molecule has 0 atom stereocenters. The highest BCUT2D eigenvalue weighted by molar-refractivity contribution is 5.91. The average molecular weight is 309 g/mol. The number of benzene rings is 1. The minimum Gasteiger partial charge on any atom is -0.465 e. The number of methoxy groups -OCH3 is 1. The van der Waals surface area contributed by atoms with Gasteiger partial charge in [-0.05, 0) is 12.1 Å². The zero-order chi connectivity index (χ0) is 15.9. The van der Waals surface area contributed by atoms with Gasteiger partial charge in [-0.25, -0.2) is 4.79 Å². The number of nitrogens with one attached hydrogen (secondary N) is 1. The molecule has 1 heterocycles. The molecular formula is C14H19N3O5. The summed E-state index contributed by atoms with van der Waals surface area (Å²) in [6.07, 6.45) is 0. The molecular weight excluding hydrogens is 290 g/mol. The first-order valence-electron chi connectivity index (χ1n) is 7.02. The Morgan fingerprint density at radius 1 is 1.45 bits per heavy atom. The van der Waals surface area contributed by atoms with Crippen molar-refractivity contribution >= 4 is 17.3 Å². The number of hydrogen-bond donors (Lipinski definition) is 1. The molecule has 22 heavy (non-hydrogen) atoms. The van der Waals surface area contributed by atoms with Crippen molar-refractivity contribution in [3.8, 4) is 0 Å². The predicted molar refractivity (Wildman–Crippen MR) is 80.2 cm³/mol. The molecule has 0 spiro atoms. The zero-order valence-corrected chi connectivity index (χ0v) is 12.4. The number of nitro benzene ring substituents is 1. The summed E-state index contributed by atoms with van der Waals surface area (Å²) in [5.74, 6) is -0.594. The van der Waals surface area contributed by atoms with Crippen molar-refractivity contribution in [1.29, 1.82) is 0 Å². The molecule has 1 fully saturated rings. The van der Waals surface area contributed by atoms with Gasteiger partial charge < -0.3 is 14.8 Å². The van der Waals surface area contributed by atoms with Gasteiger partial charge in [0.05, 0.1) is 30.8 Å². The standard InChI is InChI=1S/C14H19N3O5/c1-21-14(18)11-2-3-12(13(10-11)17(19)20)15-4-5-16-6-8-22-9-7-16/h2-3,10,15H,4-9H2,1H3. The highest BCUT2D eigenvalue weighted by atomic mass is 16.6. The molecule has 0 saturated carbocycles. The van der Waals surface area contributed by atoms with Gasteiger partial charge in [0.25, 0.3) is 5.69 Å². The summed E-state index contributed by atoms with van der Waals surface area (Å²) < 4.78 is 9.84. The molecule has 120 valence electrons. The van der Waals surface area contributed by atoms with E-state index in [0.717, 1.165) is 19.6 Å². The second-order valence-electron chi connectivity index (χ2n) is 4.86. The number of ether oxygens (including phenoxy) is 2. The molecule has 1 aliphatic heterocycles. The number of nitro groups is 1. The summed E-state index contributed by atoms with van der Waals surface area (Å²) in [6, 6.07) is 4.27. The van der Waals surface area contributed by atoms with E-state index in [0.29, 0.717) is 25.4 Å². The fourth-order valence-electron chi connectivity index (χ4n) is 2.25. The van der Waals surface area contributed by atoms with E-state index in [9.17, 15) is 14.9 Å². The van der Waals surface area contributed by atoms with Gasteiger partial charge in [-0.2, -0.15) is 0 Å². The fourth-order valence-corrected chi connectivity index (χ4v) is 2.25. The molecule has 0 amide bonds. The number of nitrogens with zero attached hydrogens (tertiary/aromatic N) is 2. The van der Waals surface area contributed by atoms with Crippen LogP contribution in [0.25, 0.3) is 0 Å². The number of hydrogen-bond acceptors (Lipinski definition) is 7. The SMILES string of the molecule is COC(=O)c1ccc(NCCN2CCOCC2)c([N+](=O)[O-])c1. The lowest BCUT2D eigenvalue weighted by Crippen LogP contribution is -2.39. The summed E-state index contributed by atoms with van der Waals surface area (Å²) >= 11 is 0. The summed E-state index contributed by atoms with van der Waals surface area (Å²) in [6.45, 7) is 4.52. The van der Waals surface area contributed by atoms with Gasteiger partial charge in [-0.3, -0.25) is 15.0 Å². The van der Waals surface area contributed by atoms with Gasteiger partial charge in [0.15, 0.2) is 0 Å². The molecule has 8 nitrogen and oxygen atoms in total. The number of rotatable bonds is 6. The van der Waals surface area contributed by atoms with E-state index in [1.54, 1.807) is 0 Å². The zero-order valence-electron chi connectivity index (χ0n) is 12.4. The van der Waals surface area contributed by atoms with Gasteiger partial charge in [0.2, 0.25) is 0 Å². The Kier molecular flexibility index (Phi) is 5.68. The van der Waals surface area contributed by atoms with Crippen molar-refractivity contribution in [3.05, 3.63) is 33.9 Å². The Bertz CT molecular complexity index is 543. The van der Waals surface area contributed by atoms with Crippen molar-refractivity contribution in [1.82, 2.24) is 4.90 Å². The minimum absolute atomic E-state index is 0.134. The van der Waals surface area contributed by atoms with Crippen molar-refractivity contribution in [3.63, 3.8) is 0 Å². The quantitative estimate of drug-likeness (QED) is 0.478. The summed E-state index contributed by atoms with van der Waals surface area (Å²) in [7, 11) is 1.24. The molecule has 0 aromatic heterocycles. The molecule has 0 unspecified atom stereocenters. The molecule has 1 saturated heterocycles. The lowest BCUT2D eigenvalue weighted by Gasteiger charge is -2.26. The first-order valence-corrected chi connectivity index (χ1v) is 7.02. The third-order valence-corrected chi connectivity index (χ3v) is 3.46. The van der Waals surface area contributed by atoms with Crippen LogP contribution in [0.1, 0.15) is 10.4 Å². The van der Waals surface area contributed by atoms with E-state index in [-0.39, 0.29) is 11.3 Å². The Morgan fingerprint density at radius 2 is 2.18 bits per heavy atom. The van der Waals surface area contributed by atoms with E-state index in [4.69, 9.17) is 4.74 Å². The van der Waals surface area contributed by atoms with Gasteiger partial charge in [-0.15, -0.1) is 0 Å². The first-order chi connectivity index (χ1) is 10.6. The van der Waals surface area contributed by atoms with Crippen LogP contribution in [0, 0.1) is 10.1 Å². The lowest BCUT2D eigenvalue weighted by molar-refractivity contribution is -0.384. The highest BCUT2D eigenvalue weighted by Crippen LogP contribution is 2.25. The average Bonchev–Trinajstić information content (AvgIpc) is 2.55. The maximum Gasteiger partial charge on any atom is 0.338 e. The number of morpholine rings is 1. The highest BCUT2D eigenvalue weighted by Gasteiger charge is 2.18. The molecule has 1 aromatic carbocycles. The maximum atomic E-state index is 11.4. The van der Waals surface area contributed by atoms with Crippen LogP contribution in [-0.2, 0) is 9.47 Å². The Balaban J connectivity index is 1.99. The predicted octanol–water partition coefficient (Wildman–Crippen LogP) is 1.13. The smallest absolute Gasteiger partial charge is 0.338 e. The van der Waals surface area contributed by atoms with Crippen molar-refractivity contribution in [2.75, 3.05) is 51.8 Å². The van der Waals surface area contributed by atoms with Crippen molar-refractivity contribution in [2.24, 2.45) is 0 Å². The van der Waals surface area contributed by atoms with E-state index in [2.05, 4.69) is 15.0 Å². The number of anilines is 1. The molecule has 2 rings (SSSR count). The van der Waals surface area contributed by atoms with Crippen LogP contribution in [-0.4, -0.2) is 62.3 Å². The molecule has 0 radical (unpaired) electrons. The third kappa shape index (κ3) is 4.15. The monoisotopic (exact) mass is 309 g/mol. The first kappa shape index (κ1) is 16.2. The topological polar surface area (TPSA) is 93.9 Å².